The van der Waals surface area contributed by atoms with E-state index in [4.69, 9.17) is 5.73 Å². The smallest absolute Gasteiger partial charge is 0.273 e. The number of carbonyl (C=O) groups is 1. The van der Waals surface area contributed by atoms with Crippen molar-refractivity contribution in [2.45, 2.75) is 25.4 Å². The van der Waals surface area contributed by atoms with E-state index >= 15 is 0 Å². The molecule has 1 aromatic heterocycles. The van der Waals surface area contributed by atoms with Gasteiger partial charge >= 0.3 is 0 Å². The molecule has 0 spiro atoms. The summed E-state index contributed by atoms with van der Waals surface area (Å²) in [5, 5.41) is 2.62. The second-order valence-corrected chi connectivity index (χ2v) is 5.72. The molecule has 1 aliphatic heterocycles. The number of hydrogen-bond acceptors (Lipinski definition) is 5. The van der Waals surface area contributed by atoms with Crippen LogP contribution in [0, 0.1) is 0 Å². The van der Waals surface area contributed by atoms with E-state index in [2.05, 4.69) is 16.9 Å². The molecule has 18 heavy (non-hydrogen) atoms. The Morgan fingerprint density at radius 2 is 2.28 bits per heavy atom. The van der Waals surface area contributed by atoms with Crippen LogP contribution in [0.4, 0.5) is 0 Å². The lowest BCUT2D eigenvalue weighted by molar-refractivity contribution is 0.0654. The van der Waals surface area contributed by atoms with E-state index in [0.717, 1.165) is 30.9 Å². The number of piperidine rings is 1. The molecule has 0 atom stereocenters. The van der Waals surface area contributed by atoms with Crippen molar-refractivity contribution in [2.75, 3.05) is 27.2 Å². The molecule has 1 saturated heterocycles. The van der Waals surface area contributed by atoms with Gasteiger partial charge in [0.05, 0.1) is 0 Å². The van der Waals surface area contributed by atoms with E-state index in [1.54, 1.807) is 5.38 Å². The van der Waals surface area contributed by atoms with E-state index in [9.17, 15) is 4.79 Å². The minimum absolute atomic E-state index is 0.0144. The zero-order valence-electron chi connectivity index (χ0n) is 10.9. The first-order valence-corrected chi connectivity index (χ1v) is 7.10. The maximum atomic E-state index is 12.3. The molecule has 100 valence electrons. The number of rotatable bonds is 3. The van der Waals surface area contributed by atoms with Crippen LogP contribution in [-0.2, 0) is 6.54 Å². The highest BCUT2D eigenvalue weighted by Crippen LogP contribution is 2.17. The minimum atomic E-state index is 0.0144. The van der Waals surface area contributed by atoms with Crippen LogP contribution < -0.4 is 5.73 Å². The molecule has 0 aromatic carbocycles. The van der Waals surface area contributed by atoms with Crippen LogP contribution in [0.5, 0.6) is 0 Å². The molecule has 1 aromatic rings. The van der Waals surface area contributed by atoms with E-state index in [1.165, 1.54) is 11.3 Å². The zero-order valence-corrected chi connectivity index (χ0v) is 11.7. The number of amides is 1. The van der Waals surface area contributed by atoms with Gasteiger partial charge in [-0.15, -0.1) is 11.3 Å². The monoisotopic (exact) mass is 268 g/mol. The molecule has 0 bridgehead atoms. The first-order chi connectivity index (χ1) is 8.61. The normalized spacial score (nSPS) is 17.9. The Balaban J connectivity index is 1.99. The Morgan fingerprint density at radius 3 is 2.83 bits per heavy atom. The summed E-state index contributed by atoms with van der Waals surface area (Å²) in [4.78, 5) is 20.7. The van der Waals surface area contributed by atoms with E-state index < -0.39 is 0 Å². The van der Waals surface area contributed by atoms with Crippen LogP contribution in [0.25, 0.3) is 0 Å². The Labute approximate surface area is 112 Å². The van der Waals surface area contributed by atoms with Gasteiger partial charge in [0.15, 0.2) is 0 Å². The van der Waals surface area contributed by atoms with Crippen LogP contribution in [0.1, 0.15) is 28.3 Å². The number of nitrogens with two attached hydrogens (primary N) is 1. The summed E-state index contributed by atoms with van der Waals surface area (Å²) < 4.78 is 0. The van der Waals surface area contributed by atoms with Gasteiger partial charge in [-0.1, -0.05) is 0 Å². The van der Waals surface area contributed by atoms with E-state index in [0.29, 0.717) is 18.3 Å². The molecule has 5 nitrogen and oxygen atoms in total. The standard InChI is InChI=1S/C12H20N4OS/c1-15-5-3-9(4-6-15)16(2)12(17)10-8-18-11(7-13)14-10/h8-9H,3-7,13H2,1-2H3. The largest absolute Gasteiger partial charge is 0.337 e. The molecular formula is C12H20N4OS. The highest BCUT2D eigenvalue weighted by molar-refractivity contribution is 7.09. The van der Waals surface area contributed by atoms with Crippen LogP contribution in [0.2, 0.25) is 0 Å². The fourth-order valence-electron chi connectivity index (χ4n) is 2.23. The molecule has 0 radical (unpaired) electrons. The van der Waals surface area contributed by atoms with Gasteiger partial charge in [0, 0.05) is 25.0 Å². The van der Waals surface area contributed by atoms with Crippen molar-refractivity contribution in [1.29, 1.82) is 0 Å². The lowest BCUT2D eigenvalue weighted by Crippen LogP contribution is -2.44. The van der Waals surface area contributed by atoms with Crippen LogP contribution in [-0.4, -0.2) is 53.9 Å². The number of hydrogen-bond donors (Lipinski definition) is 1. The van der Waals surface area contributed by atoms with Crippen LogP contribution in [0.15, 0.2) is 5.38 Å². The second-order valence-electron chi connectivity index (χ2n) is 4.78. The van der Waals surface area contributed by atoms with Gasteiger partial charge in [-0.25, -0.2) is 4.98 Å². The molecule has 1 aliphatic rings. The average Bonchev–Trinajstić information content (AvgIpc) is 2.86. The molecule has 1 amide bonds. The molecule has 2 rings (SSSR count). The molecular weight excluding hydrogens is 248 g/mol. The summed E-state index contributed by atoms with van der Waals surface area (Å²) in [6.07, 6.45) is 2.07. The number of likely N-dealkylation sites (tertiary alicyclic amines) is 1. The van der Waals surface area contributed by atoms with Crippen molar-refractivity contribution in [2.24, 2.45) is 5.73 Å². The molecule has 0 saturated carbocycles. The molecule has 1 fully saturated rings. The second kappa shape index (κ2) is 5.77. The maximum Gasteiger partial charge on any atom is 0.273 e. The molecule has 0 unspecified atom stereocenters. The SMILES string of the molecule is CN1CCC(N(C)C(=O)c2csc(CN)n2)CC1. The predicted octanol–water partition coefficient (Wildman–Crippen LogP) is 0.768. The van der Waals surface area contributed by atoms with E-state index in [-0.39, 0.29) is 5.91 Å². The van der Waals surface area contributed by atoms with Gasteiger partial charge in [0.1, 0.15) is 10.7 Å². The number of aromatic nitrogens is 1. The van der Waals surface area contributed by atoms with Gasteiger partial charge in [-0.05, 0) is 33.0 Å². The third kappa shape index (κ3) is 2.88. The van der Waals surface area contributed by atoms with Crippen molar-refractivity contribution < 1.29 is 4.79 Å². The van der Waals surface area contributed by atoms with Crippen molar-refractivity contribution >= 4 is 17.2 Å². The van der Waals surface area contributed by atoms with Crippen molar-refractivity contribution in [3.05, 3.63) is 16.1 Å². The minimum Gasteiger partial charge on any atom is -0.337 e. The summed E-state index contributed by atoms with van der Waals surface area (Å²) in [6, 6.07) is 0.330. The van der Waals surface area contributed by atoms with Crippen molar-refractivity contribution in [3.8, 4) is 0 Å². The van der Waals surface area contributed by atoms with Crippen molar-refractivity contribution in [1.82, 2.24) is 14.8 Å². The summed E-state index contributed by atoms with van der Waals surface area (Å²) in [6.45, 7) is 2.50. The summed E-state index contributed by atoms with van der Waals surface area (Å²) in [7, 11) is 3.99. The lowest BCUT2D eigenvalue weighted by atomic mass is 10.0. The third-order valence-electron chi connectivity index (χ3n) is 3.50. The quantitative estimate of drug-likeness (QED) is 0.879. The first kappa shape index (κ1) is 13.5. The zero-order chi connectivity index (χ0) is 13.1. The fraction of sp³-hybridized carbons (Fsp3) is 0.667. The fourth-order valence-corrected chi connectivity index (χ4v) is 2.88. The summed E-state index contributed by atoms with van der Waals surface area (Å²) >= 11 is 1.45. The Kier molecular flexibility index (Phi) is 4.31. The lowest BCUT2D eigenvalue weighted by Gasteiger charge is -2.34. The Bertz CT molecular complexity index is 412. The van der Waals surface area contributed by atoms with Crippen molar-refractivity contribution in [3.63, 3.8) is 0 Å². The molecule has 6 heteroatoms. The van der Waals surface area contributed by atoms with Gasteiger partial charge in [0.25, 0.3) is 5.91 Å². The Morgan fingerprint density at radius 1 is 1.61 bits per heavy atom. The highest BCUT2D eigenvalue weighted by Gasteiger charge is 2.25. The Hall–Kier alpha value is -0.980. The number of thiazole rings is 1. The summed E-state index contributed by atoms with van der Waals surface area (Å²) in [5.41, 5.74) is 6.04. The van der Waals surface area contributed by atoms with Gasteiger partial charge in [-0.2, -0.15) is 0 Å². The van der Waals surface area contributed by atoms with Gasteiger partial charge in [0.2, 0.25) is 0 Å². The highest BCUT2D eigenvalue weighted by atomic mass is 32.1. The van der Waals surface area contributed by atoms with Crippen LogP contribution >= 0.6 is 11.3 Å². The van der Waals surface area contributed by atoms with Gasteiger partial charge in [-0.3, -0.25) is 4.79 Å². The predicted molar refractivity (Wildman–Crippen MR) is 72.6 cm³/mol. The molecule has 2 N–H and O–H groups in total. The third-order valence-corrected chi connectivity index (χ3v) is 4.37. The molecule has 2 heterocycles. The average molecular weight is 268 g/mol. The number of nitrogens with zero attached hydrogens (tertiary/aromatic N) is 3. The molecule has 0 aliphatic carbocycles. The number of carbonyl (C=O) groups excluding carboxylic acids is 1. The topological polar surface area (TPSA) is 62.5 Å². The summed E-state index contributed by atoms with van der Waals surface area (Å²) in [5.74, 6) is 0.0144. The van der Waals surface area contributed by atoms with E-state index in [1.807, 2.05) is 11.9 Å². The van der Waals surface area contributed by atoms with Gasteiger partial charge < -0.3 is 15.5 Å². The first-order valence-electron chi connectivity index (χ1n) is 6.22. The maximum absolute atomic E-state index is 12.3. The van der Waals surface area contributed by atoms with Crippen LogP contribution in [0.3, 0.4) is 0 Å².